The first kappa shape index (κ1) is 21.4. The second-order valence-corrected chi connectivity index (χ2v) is 9.76. The van der Waals surface area contributed by atoms with Crippen LogP contribution in [0.1, 0.15) is 28.3 Å². The molecule has 0 atom stereocenters. The Bertz CT molecular complexity index is 1020. The summed E-state index contributed by atoms with van der Waals surface area (Å²) in [6.45, 7) is 5.33. The van der Waals surface area contributed by atoms with E-state index in [9.17, 15) is 0 Å². The van der Waals surface area contributed by atoms with Crippen molar-refractivity contribution in [2.24, 2.45) is 0 Å². The maximum atomic E-state index is 2.64. The largest absolute Gasteiger partial charge is 0.297 e. The average molecular weight is 457 g/mol. The summed E-state index contributed by atoms with van der Waals surface area (Å²) in [5.74, 6) is 0. The molecule has 1 aliphatic heterocycles. The summed E-state index contributed by atoms with van der Waals surface area (Å²) in [5.41, 5.74) is 6.79. The van der Waals surface area contributed by atoms with Crippen molar-refractivity contribution >= 4 is 28.2 Å². The molecule has 0 bridgehead atoms. The molecule has 4 aromatic rings. The highest BCUT2D eigenvalue weighted by Gasteiger charge is 2.26. The van der Waals surface area contributed by atoms with E-state index in [2.05, 4.69) is 110 Å². The Morgan fingerprint density at radius 3 is 1.72 bits per heavy atom. The van der Waals surface area contributed by atoms with E-state index < -0.39 is 0 Å². The summed E-state index contributed by atoms with van der Waals surface area (Å²) in [4.78, 5) is 5.23. The fraction of sp³-hybridized carbons (Fsp3) is 0.214. The number of thiophene rings is 2. The Hall–Kier alpha value is -2.50. The van der Waals surface area contributed by atoms with Crippen LogP contribution in [0.2, 0.25) is 0 Å². The Labute approximate surface area is 199 Å². The van der Waals surface area contributed by atoms with Gasteiger partial charge in [0.15, 0.2) is 0 Å². The van der Waals surface area contributed by atoms with Crippen LogP contribution < -0.4 is 0 Å². The van der Waals surface area contributed by atoms with Gasteiger partial charge in [-0.2, -0.15) is 22.7 Å². The number of nitrogens with zero attached hydrogens (tertiary/aromatic N) is 2. The third-order valence-electron chi connectivity index (χ3n) is 6.22. The maximum Gasteiger partial charge on any atom is 0.0602 e. The van der Waals surface area contributed by atoms with Crippen LogP contribution in [-0.2, 0) is 0 Å². The predicted molar refractivity (Wildman–Crippen MR) is 138 cm³/mol. The summed E-state index contributed by atoms with van der Waals surface area (Å²) in [5, 5.41) is 8.85. The lowest BCUT2D eigenvalue weighted by Crippen LogP contribution is -2.47. The first-order valence-electron chi connectivity index (χ1n) is 11.2. The van der Waals surface area contributed by atoms with Crippen molar-refractivity contribution in [1.29, 1.82) is 0 Å². The van der Waals surface area contributed by atoms with Gasteiger partial charge in [-0.05, 0) is 61.5 Å². The average Bonchev–Trinajstić information content (AvgIpc) is 3.57. The molecule has 162 valence electrons. The fourth-order valence-corrected chi connectivity index (χ4v) is 5.86. The predicted octanol–water partition coefficient (Wildman–Crippen LogP) is 6.65. The number of benzene rings is 2. The van der Waals surface area contributed by atoms with E-state index in [1.165, 1.54) is 27.8 Å². The van der Waals surface area contributed by atoms with Crippen molar-refractivity contribution in [2.45, 2.75) is 6.04 Å². The van der Waals surface area contributed by atoms with Crippen LogP contribution in [-0.4, -0.2) is 42.5 Å². The van der Waals surface area contributed by atoms with E-state index >= 15 is 0 Å². The molecule has 2 aromatic carbocycles. The molecule has 1 aliphatic rings. The topological polar surface area (TPSA) is 6.48 Å². The van der Waals surface area contributed by atoms with Crippen LogP contribution in [0.5, 0.6) is 0 Å². The van der Waals surface area contributed by atoms with E-state index in [4.69, 9.17) is 0 Å². The number of piperazine rings is 1. The molecule has 0 saturated carbocycles. The summed E-state index contributed by atoms with van der Waals surface area (Å²) < 4.78 is 0. The van der Waals surface area contributed by atoms with Gasteiger partial charge in [-0.15, -0.1) is 0 Å². The molecule has 0 radical (unpaired) electrons. The van der Waals surface area contributed by atoms with Crippen LogP contribution in [0.4, 0.5) is 0 Å². The smallest absolute Gasteiger partial charge is 0.0602 e. The van der Waals surface area contributed by atoms with Gasteiger partial charge >= 0.3 is 0 Å². The quantitative estimate of drug-likeness (QED) is 0.307. The monoisotopic (exact) mass is 456 g/mol. The van der Waals surface area contributed by atoms with Gasteiger partial charge in [0, 0.05) is 32.7 Å². The van der Waals surface area contributed by atoms with Gasteiger partial charge in [0.2, 0.25) is 0 Å². The third kappa shape index (κ3) is 4.94. The van der Waals surface area contributed by atoms with Crippen molar-refractivity contribution in [3.05, 3.63) is 123 Å². The van der Waals surface area contributed by atoms with Gasteiger partial charge in [-0.25, -0.2) is 0 Å². The zero-order valence-electron chi connectivity index (χ0n) is 18.1. The third-order valence-corrected chi connectivity index (χ3v) is 7.59. The lowest BCUT2D eigenvalue weighted by atomic mass is 9.96. The highest BCUT2D eigenvalue weighted by Crippen LogP contribution is 2.30. The second-order valence-electron chi connectivity index (χ2n) is 8.20. The molecule has 2 nitrogen and oxygen atoms in total. The molecular formula is C28H28N2S2. The van der Waals surface area contributed by atoms with E-state index in [1.54, 1.807) is 22.7 Å². The first-order valence-corrected chi connectivity index (χ1v) is 13.1. The molecule has 1 fully saturated rings. The molecule has 4 heteroatoms. The van der Waals surface area contributed by atoms with Crippen LogP contribution in [0.15, 0.2) is 100 Å². The molecule has 32 heavy (non-hydrogen) atoms. The molecule has 0 aliphatic carbocycles. The molecule has 0 unspecified atom stereocenters. The zero-order valence-corrected chi connectivity index (χ0v) is 19.8. The number of hydrogen-bond donors (Lipinski definition) is 0. The molecule has 3 heterocycles. The van der Waals surface area contributed by atoms with Crippen molar-refractivity contribution < 1.29 is 0 Å². The highest BCUT2D eigenvalue weighted by atomic mass is 32.1. The maximum absolute atomic E-state index is 2.64. The Morgan fingerprint density at radius 1 is 0.719 bits per heavy atom. The van der Waals surface area contributed by atoms with Gasteiger partial charge in [0.25, 0.3) is 0 Å². The lowest BCUT2D eigenvalue weighted by Gasteiger charge is -2.39. The minimum Gasteiger partial charge on any atom is -0.297 e. The first-order chi connectivity index (χ1) is 15.9. The normalized spacial score (nSPS) is 15.2. The molecule has 0 spiro atoms. The summed E-state index contributed by atoms with van der Waals surface area (Å²) >= 11 is 3.54. The fourth-order valence-electron chi connectivity index (χ4n) is 4.55. The molecular weight excluding hydrogens is 428 g/mol. The standard InChI is InChI=1S/C28H28N2S2/c1-3-7-23(8-4-1)28(24-9-5-2-6-10-24)30-17-15-29(16-18-30)14-11-27(25-12-19-31-21-25)26-13-20-32-22-26/h1-13,19-22,28H,14-18H2. The van der Waals surface area contributed by atoms with Gasteiger partial charge < -0.3 is 0 Å². The van der Waals surface area contributed by atoms with E-state index in [1.807, 2.05) is 0 Å². The summed E-state index contributed by atoms with van der Waals surface area (Å²) in [6.07, 6.45) is 2.42. The van der Waals surface area contributed by atoms with Gasteiger partial charge in [-0.1, -0.05) is 66.7 Å². The molecule has 2 aromatic heterocycles. The van der Waals surface area contributed by atoms with Crippen LogP contribution in [0.25, 0.3) is 5.57 Å². The van der Waals surface area contributed by atoms with Crippen molar-refractivity contribution in [3.63, 3.8) is 0 Å². The van der Waals surface area contributed by atoms with Crippen LogP contribution in [0.3, 0.4) is 0 Å². The van der Waals surface area contributed by atoms with Gasteiger partial charge in [0.05, 0.1) is 6.04 Å². The summed E-state index contributed by atoms with van der Waals surface area (Å²) in [7, 11) is 0. The van der Waals surface area contributed by atoms with Crippen molar-refractivity contribution in [2.75, 3.05) is 32.7 Å². The Balaban J connectivity index is 1.29. The van der Waals surface area contributed by atoms with Crippen LogP contribution in [0, 0.1) is 0 Å². The van der Waals surface area contributed by atoms with E-state index in [0.29, 0.717) is 6.04 Å². The number of hydrogen-bond acceptors (Lipinski definition) is 4. The molecule has 1 saturated heterocycles. The molecule has 0 amide bonds. The Kier molecular flexibility index (Phi) is 6.95. The SMILES string of the molecule is C(CN1CCN(C(c2ccccc2)c2ccccc2)CC1)=C(c1ccsc1)c1ccsc1. The Morgan fingerprint density at radius 2 is 1.25 bits per heavy atom. The molecule has 0 N–H and O–H groups in total. The molecule has 5 rings (SSSR count). The highest BCUT2D eigenvalue weighted by molar-refractivity contribution is 7.08. The van der Waals surface area contributed by atoms with Crippen LogP contribution >= 0.6 is 22.7 Å². The second kappa shape index (κ2) is 10.4. The zero-order chi connectivity index (χ0) is 21.6. The minimum absolute atomic E-state index is 0.322. The lowest BCUT2D eigenvalue weighted by molar-refractivity contribution is 0.118. The minimum atomic E-state index is 0.322. The van der Waals surface area contributed by atoms with Gasteiger partial charge in [-0.3, -0.25) is 9.80 Å². The number of rotatable bonds is 7. The van der Waals surface area contributed by atoms with E-state index in [-0.39, 0.29) is 0 Å². The van der Waals surface area contributed by atoms with Gasteiger partial charge in [0.1, 0.15) is 0 Å². The summed E-state index contributed by atoms with van der Waals surface area (Å²) in [6, 6.07) is 26.7. The van der Waals surface area contributed by atoms with Crippen molar-refractivity contribution in [3.8, 4) is 0 Å². The van der Waals surface area contributed by atoms with Crippen molar-refractivity contribution in [1.82, 2.24) is 9.80 Å². The van der Waals surface area contributed by atoms with E-state index in [0.717, 1.165) is 32.7 Å².